The van der Waals surface area contributed by atoms with E-state index in [1.54, 1.807) is 17.0 Å². The Bertz CT molecular complexity index is 778. The average Bonchev–Trinajstić information content (AvgIpc) is 2.79. The van der Waals surface area contributed by atoms with Crippen molar-refractivity contribution in [2.75, 3.05) is 12.4 Å². The summed E-state index contributed by atoms with van der Waals surface area (Å²) in [4.78, 5) is 28.1. The molecule has 2 aliphatic carbocycles. The molecular formula is C25H34Cl2N2O2. The van der Waals surface area contributed by atoms with E-state index in [-0.39, 0.29) is 23.7 Å². The molecule has 1 aromatic carbocycles. The van der Waals surface area contributed by atoms with Crippen LogP contribution in [0.1, 0.15) is 76.3 Å². The van der Waals surface area contributed by atoms with Crippen molar-refractivity contribution in [3.63, 3.8) is 0 Å². The third kappa shape index (κ3) is 6.73. The van der Waals surface area contributed by atoms with Crippen LogP contribution in [0.3, 0.4) is 0 Å². The van der Waals surface area contributed by atoms with Crippen LogP contribution >= 0.6 is 23.2 Å². The number of alkyl halides is 1. The monoisotopic (exact) mass is 464 g/mol. The minimum absolute atomic E-state index is 0.128. The first-order chi connectivity index (χ1) is 15.0. The van der Waals surface area contributed by atoms with E-state index >= 15 is 0 Å². The molecule has 0 unspecified atom stereocenters. The molecule has 31 heavy (non-hydrogen) atoms. The van der Waals surface area contributed by atoms with Gasteiger partial charge in [-0.3, -0.25) is 9.59 Å². The zero-order chi connectivity index (χ0) is 22.2. The number of benzene rings is 1. The maximum atomic E-state index is 13.6. The minimum atomic E-state index is -0.707. The van der Waals surface area contributed by atoms with E-state index in [4.69, 9.17) is 23.2 Å². The molecule has 1 aromatic rings. The van der Waals surface area contributed by atoms with Crippen molar-refractivity contribution in [1.29, 1.82) is 0 Å². The first kappa shape index (κ1) is 24.1. The molecule has 1 fully saturated rings. The van der Waals surface area contributed by atoms with Gasteiger partial charge in [-0.25, -0.2) is 0 Å². The Hall–Kier alpha value is -1.52. The van der Waals surface area contributed by atoms with Crippen LogP contribution in [0.2, 0.25) is 5.02 Å². The van der Waals surface area contributed by atoms with Gasteiger partial charge in [0.2, 0.25) is 11.8 Å². The van der Waals surface area contributed by atoms with Gasteiger partial charge in [0.1, 0.15) is 11.9 Å². The van der Waals surface area contributed by atoms with Gasteiger partial charge in [-0.1, -0.05) is 55.1 Å². The summed E-state index contributed by atoms with van der Waals surface area (Å²) in [6.07, 6.45) is 12.1. The van der Waals surface area contributed by atoms with Crippen LogP contribution in [-0.2, 0) is 9.59 Å². The standard InChI is InChI=1S/C25H34Cl2N2O2/c1-18-7-5-6-10-22(18)28-25(31)24(20-11-13-21(27)14-12-20)29(23(30)17-26)16-15-19-8-3-2-4-9-19/h8,11-14,18,22,24H,2-7,9-10,15-17H2,1H3,(H,28,31)/t18-,22-,24-/m1/s1. The predicted octanol–water partition coefficient (Wildman–Crippen LogP) is 6.03. The highest BCUT2D eigenvalue weighted by Crippen LogP contribution is 2.29. The van der Waals surface area contributed by atoms with Crippen LogP contribution < -0.4 is 5.32 Å². The molecule has 6 heteroatoms. The summed E-state index contributed by atoms with van der Waals surface area (Å²) in [7, 11) is 0. The molecule has 3 atom stereocenters. The van der Waals surface area contributed by atoms with E-state index in [1.165, 1.54) is 24.8 Å². The normalized spacial score (nSPS) is 22.4. The zero-order valence-corrected chi connectivity index (χ0v) is 19.9. The van der Waals surface area contributed by atoms with Gasteiger partial charge in [-0.2, -0.15) is 0 Å². The molecule has 0 heterocycles. The number of nitrogens with one attached hydrogen (secondary N) is 1. The molecule has 3 rings (SSSR count). The SMILES string of the molecule is C[C@@H]1CCCC[C@H]1NC(=O)[C@@H](c1ccc(Cl)cc1)N(CCC1=CCCCC1)C(=O)CCl. The fourth-order valence-electron chi connectivity index (χ4n) is 4.78. The molecule has 170 valence electrons. The highest BCUT2D eigenvalue weighted by molar-refractivity contribution is 6.30. The minimum Gasteiger partial charge on any atom is -0.351 e. The Balaban J connectivity index is 1.85. The van der Waals surface area contributed by atoms with Crippen LogP contribution in [0.25, 0.3) is 0 Å². The van der Waals surface area contributed by atoms with Crippen molar-refractivity contribution in [2.45, 2.75) is 76.8 Å². The van der Waals surface area contributed by atoms with E-state index in [1.807, 2.05) is 12.1 Å². The summed E-state index contributed by atoms with van der Waals surface area (Å²) in [5.41, 5.74) is 2.14. The maximum Gasteiger partial charge on any atom is 0.247 e. The smallest absolute Gasteiger partial charge is 0.247 e. The second-order valence-electron chi connectivity index (χ2n) is 8.91. The third-order valence-corrected chi connectivity index (χ3v) is 7.16. The fraction of sp³-hybridized carbons (Fsp3) is 0.600. The Morgan fingerprint density at radius 2 is 1.87 bits per heavy atom. The van der Waals surface area contributed by atoms with Crippen LogP contribution in [0, 0.1) is 5.92 Å². The van der Waals surface area contributed by atoms with Gasteiger partial charge in [-0.15, -0.1) is 11.6 Å². The summed E-state index contributed by atoms with van der Waals surface area (Å²) in [6.45, 7) is 2.68. The topological polar surface area (TPSA) is 49.4 Å². The number of hydrogen-bond acceptors (Lipinski definition) is 2. The van der Waals surface area contributed by atoms with Crippen molar-refractivity contribution in [3.05, 3.63) is 46.5 Å². The molecule has 1 saturated carbocycles. The lowest BCUT2D eigenvalue weighted by Gasteiger charge is -2.35. The summed E-state index contributed by atoms with van der Waals surface area (Å²) in [6, 6.07) is 6.66. The Kier molecular flexibility index (Phi) is 9.28. The van der Waals surface area contributed by atoms with E-state index in [2.05, 4.69) is 18.3 Å². The largest absolute Gasteiger partial charge is 0.351 e. The van der Waals surface area contributed by atoms with Crippen LogP contribution in [0.4, 0.5) is 0 Å². The lowest BCUT2D eigenvalue weighted by molar-refractivity contribution is -0.139. The van der Waals surface area contributed by atoms with Gasteiger partial charge >= 0.3 is 0 Å². The second kappa shape index (κ2) is 11.9. The van der Waals surface area contributed by atoms with Crippen molar-refractivity contribution >= 4 is 35.0 Å². The van der Waals surface area contributed by atoms with Gasteiger partial charge in [0.15, 0.2) is 0 Å². The Morgan fingerprint density at radius 1 is 1.13 bits per heavy atom. The lowest BCUT2D eigenvalue weighted by atomic mass is 9.85. The highest BCUT2D eigenvalue weighted by atomic mass is 35.5. The Labute approximate surface area is 196 Å². The maximum absolute atomic E-state index is 13.6. The van der Waals surface area contributed by atoms with Gasteiger partial charge in [-0.05, 0) is 68.6 Å². The van der Waals surface area contributed by atoms with Crippen LogP contribution in [0.15, 0.2) is 35.9 Å². The second-order valence-corrected chi connectivity index (χ2v) is 9.61. The van der Waals surface area contributed by atoms with Crippen molar-refractivity contribution in [3.8, 4) is 0 Å². The van der Waals surface area contributed by atoms with Crippen molar-refractivity contribution in [2.24, 2.45) is 5.92 Å². The van der Waals surface area contributed by atoms with E-state index < -0.39 is 6.04 Å². The summed E-state index contributed by atoms with van der Waals surface area (Å²) in [5.74, 6) is -0.0499. The van der Waals surface area contributed by atoms with E-state index in [9.17, 15) is 9.59 Å². The number of carbonyl (C=O) groups excluding carboxylic acids is 2. The summed E-state index contributed by atoms with van der Waals surface area (Å²) in [5, 5.41) is 3.86. The molecule has 0 bridgehead atoms. The quantitative estimate of drug-likeness (QED) is 0.376. The zero-order valence-electron chi connectivity index (χ0n) is 18.4. The summed E-state index contributed by atoms with van der Waals surface area (Å²) >= 11 is 12.1. The van der Waals surface area contributed by atoms with E-state index in [0.717, 1.165) is 44.1 Å². The Morgan fingerprint density at radius 3 is 2.52 bits per heavy atom. The number of halogens is 2. The van der Waals surface area contributed by atoms with Crippen molar-refractivity contribution < 1.29 is 9.59 Å². The van der Waals surface area contributed by atoms with Gasteiger partial charge < -0.3 is 10.2 Å². The number of rotatable bonds is 8. The summed E-state index contributed by atoms with van der Waals surface area (Å²) < 4.78 is 0. The lowest BCUT2D eigenvalue weighted by Crippen LogP contribution is -2.49. The van der Waals surface area contributed by atoms with Gasteiger partial charge in [0.05, 0.1) is 0 Å². The number of allylic oxidation sites excluding steroid dienone is 1. The fourth-order valence-corrected chi connectivity index (χ4v) is 5.06. The highest BCUT2D eigenvalue weighted by Gasteiger charge is 2.33. The molecule has 2 amide bonds. The third-order valence-electron chi connectivity index (χ3n) is 6.68. The number of carbonyl (C=O) groups is 2. The van der Waals surface area contributed by atoms with Crippen LogP contribution in [0.5, 0.6) is 0 Å². The first-order valence-corrected chi connectivity index (χ1v) is 12.5. The van der Waals surface area contributed by atoms with Crippen LogP contribution in [-0.4, -0.2) is 35.2 Å². The average molecular weight is 465 g/mol. The molecular weight excluding hydrogens is 431 g/mol. The van der Waals surface area contributed by atoms with Gasteiger partial charge in [0, 0.05) is 17.6 Å². The molecule has 0 saturated heterocycles. The molecule has 4 nitrogen and oxygen atoms in total. The van der Waals surface area contributed by atoms with Gasteiger partial charge in [0.25, 0.3) is 0 Å². The molecule has 2 aliphatic rings. The van der Waals surface area contributed by atoms with Crippen molar-refractivity contribution in [1.82, 2.24) is 10.2 Å². The first-order valence-electron chi connectivity index (χ1n) is 11.6. The molecule has 0 aromatic heterocycles. The number of hydrogen-bond donors (Lipinski definition) is 1. The molecule has 0 spiro atoms. The molecule has 0 radical (unpaired) electrons. The number of amides is 2. The number of nitrogens with zero attached hydrogens (tertiary/aromatic N) is 1. The molecule has 1 N–H and O–H groups in total. The predicted molar refractivity (Wildman–Crippen MR) is 127 cm³/mol. The molecule has 0 aliphatic heterocycles. The van der Waals surface area contributed by atoms with E-state index in [0.29, 0.717) is 17.5 Å².